The van der Waals surface area contributed by atoms with E-state index in [1.807, 2.05) is 29.1 Å². The zero-order valence-corrected chi connectivity index (χ0v) is 10.8. The zero-order chi connectivity index (χ0) is 13.3. The van der Waals surface area contributed by atoms with Gasteiger partial charge in [-0.2, -0.15) is 5.10 Å². The van der Waals surface area contributed by atoms with Gasteiger partial charge in [-0.25, -0.2) is 0 Å². The van der Waals surface area contributed by atoms with E-state index >= 15 is 0 Å². The molecule has 0 unspecified atom stereocenters. The molecule has 0 saturated heterocycles. The summed E-state index contributed by atoms with van der Waals surface area (Å²) >= 11 is 0. The number of hydrogen-bond donors (Lipinski definition) is 2. The number of amides is 1. The van der Waals surface area contributed by atoms with E-state index in [4.69, 9.17) is 5.73 Å². The molecule has 0 aliphatic heterocycles. The number of hydrogen-bond acceptors (Lipinski definition) is 3. The maximum atomic E-state index is 11.6. The normalized spacial score (nSPS) is 16.5. The molecule has 19 heavy (non-hydrogen) atoms. The fraction of sp³-hybridized carbons (Fsp3) is 0.429. The molecule has 3 N–H and O–H groups in total. The van der Waals surface area contributed by atoms with Gasteiger partial charge < -0.3 is 11.1 Å². The van der Waals surface area contributed by atoms with E-state index in [1.54, 1.807) is 0 Å². The summed E-state index contributed by atoms with van der Waals surface area (Å²) in [5, 5.41) is 8.39. The predicted octanol–water partition coefficient (Wildman–Crippen LogP) is 1.03. The Morgan fingerprint density at radius 3 is 3.00 bits per heavy atom. The van der Waals surface area contributed by atoms with Gasteiger partial charge in [0, 0.05) is 18.5 Å². The number of benzene rings is 1. The molecule has 1 saturated carbocycles. The van der Waals surface area contributed by atoms with Gasteiger partial charge in [0.15, 0.2) is 0 Å². The molecule has 5 nitrogen and oxygen atoms in total. The summed E-state index contributed by atoms with van der Waals surface area (Å²) in [4.78, 5) is 11.6. The maximum Gasteiger partial charge on any atom is 0.240 e. The fourth-order valence-corrected chi connectivity index (χ4v) is 2.17. The number of carbonyl (C=O) groups is 1. The molecule has 1 fully saturated rings. The van der Waals surface area contributed by atoms with Gasteiger partial charge in [0.2, 0.25) is 5.91 Å². The Kier molecular flexibility index (Phi) is 2.98. The summed E-state index contributed by atoms with van der Waals surface area (Å²) in [5.41, 5.74) is 6.37. The number of aromatic nitrogens is 2. The molecule has 0 radical (unpaired) electrons. The second kappa shape index (κ2) is 4.66. The number of nitrogens with two attached hydrogens (primary N) is 1. The van der Waals surface area contributed by atoms with Crippen molar-refractivity contribution in [1.82, 2.24) is 15.1 Å². The summed E-state index contributed by atoms with van der Waals surface area (Å²) in [6, 6.07) is 8.12. The van der Waals surface area contributed by atoms with Gasteiger partial charge in [0.25, 0.3) is 0 Å². The number of carbonyl (C=O) groups excluding carboxylic acids is 1. The lowest BCUT2D eigenvalue weighted by Crippen LogP contribution is -2.43. The van der Waals surface area contributed by atoms with Crippen LogP contribution in [0, 0.1) is 0 Å². The SMILES string of the molecule is NC1(C(=O)NCCCn2ncc3ccccc32)CC1. The third-order valence-electron chi connectivity index (χ3n) is 3.62. The maximum absolute atomic E-state index is 11.6. The van der Waals surface area contributed by atoms with Gasteiger partial charge in [-0.1, -0.05) is 18.2 Å². The van der Waals surface area contributed by atoms with Gasteiger partial charge in [0.05, 0.1) is 17.3 Å². The van der Waals surface area contributed by atoms with Crippen molar-refractivity contribution in [2.24, 2.45) is 5.73 Å². The number of nitrogens with zero attached hydrogens (tertiary/aromatic N) is 2. The molecule has 5 heteroatoms. The van der Waals surface area contributed by atoms with Crippen molar-refractivity contribution in [3.8, 4) is 0 Å². The summed E-state index contributed by atoms with van der Waals surface area (Å²) < 4.78 is 1.97. The van der Waals surface area contributed by atoms with E-state index < -0.39 is 5.54 Å². The monoisotopic (exact) mass is 258 g/mol. The summed E-state index contributed by atoms with van der Waals surface area (Å²) in [6.07, 6.45) is 4.34. The summed E-state index contributed by atoms with van der Waals surface area (Å²) in [5.74, 6) is -0.0159. The van der Waals surface area contributed by atoms with Crippen LogP contribution in [0.4, 0.5) is 0 Å². The van der Waals surface area contributed by atoms with Crippen LogP contribution in [0.2, 0.25) is 0 Å². The Bertz CT molecular complexity index is 600. The van der Waals surface area contributed by atoms with Crippen molar-refractivity contribution in [3.05, 3.63) is 30.5 Å². The van der Waals surface area contributed by atoms with Gasteiger partial charge in [0.1, 0.15) is 0 Å². The van der Waals surface area contributed by atoms with Gasteiger partial charge in [-0.15, -0.1) is 0 Å². The first-order valence-corrected chi connectivity index (χ1v) is 6.67. The standard InChI is InChI=1S/C14H18N4O/c15-14(6-7-14)13(19)16-8-3-9-18-12-5-2-1-4-11(12)10-17-18/h1-2,4-5,10H,3,6-9,15H2,(H,16,19). The molecule has 0 bridgehead atoms. The zero-order valence-electron chi connectivity index (χ0n) is 10.8. The Hall–Kier alpha value is -1.88. The van der Waals surface area contributed by atoms with Crippen LogP contribution in [0.3, 0.4) is 0 Å². The van der Waals surface area contributed by atoms with E-state index in [0.29, 0.717) is 6.54 Å². The van der Waals surface area contributed by atoms with Crippen LogP contribution < -0.4 is 11.1 Å². The minimum absolute atomic E-state index is 0.0159. The molecular weight excluding hydrogens is 240 g/mol. The molecule has 0 atom stereocenters. The van der Waals surface area contributed by atoms with Gasteiger partial charge in [-0.05, 0) is 25.3 Å². The quantitative estimate of drug-likeness (QED) is 0.787. The molecule has 1 aliphatic rings. The van der Waals surface area contributed by atoms with Gasteiger partial charge in [-0.3, -0.25) is 9.48 Å². The summed E-state index contributed by atoms with van der Waals surface area (Å²) in [6.45, 7) is 1.44. The first-order valence-electron chi connectivity index (χ1n) is 6.67. The molecule has 1 aromatic heterocycles. The third-order valence-corrected chi connectivity index (χ3v) is 3.62. The largest absolute Gasteiger partial charge is 0.354 e. The third kappa shape index (κ3) is 2.46. The predicted molar refractivity (Wildman–Crippen MR) is 73.5 cm³/mol. The van der Waals surface area contributed by atoms with Crippen LogP contribution >= 0.6 is 0 Å². The van der Waals surface area contributed by atoms with Crippen LogP contribution in [0.5, 0.6) is 0 Å². The minimum Gasteiger partial charge on any atom is -0.354 e. The first-order chi connectivity index (χ1) is 9.19. The second-order valence-corrected chi connectivity index (χ2v) is 5.19. The highest BCUT2D eigenvalue weighted by Crippen LogP contribution is 2.31. The topological polar surface area (TPSA) is 72.9 Å². The Balaban J connectivity index is 1.51. The Morgan fingerprint density at radius 2 is 2.21 bits per heavy atom. The Labute approximate surface area is 111 Å². The highest BCUT2D eigenvalue weighted by atomic mass is 16.2. The van der Waals surface area contributed by atoms with Crippen LogP contribution in [-0.4, -0.2) is 27.8 Å². The van der Waals surface area contributed by atoms with Crippen molar-refractivity contribution in [2.75, 3.05) is 6.54 Å². The van der Waals surface area contributed by atoms with E-state index in [2.05, 4.69) is 16.5 Å². The van der Waals surface area contributed by atoms with Crippen LogP contribution in [0.1, 0.15) is 19.3 Å². The fourth-order valence-electron chi connectivity index (χ4n) is 2.17. The number of para-hydroxylation sites is 1. The van der Waals surface area contributed by atoms with Crippen molar-refractivity contribution >= 4 is 16.8 Å². The lowest BCUT2D eigenvalue weighted by molar-refractivity contribution is -0.123. The lowest BCUT2D eigenvalue weighted by Gasteiger charge is -2.10. The van der Waals surface area contributed by atoms with Crippen molar-refractivity contribution in [1.29, 1.82) is 0 Å². The number of aryl methyl sites for hydroxylation is 1. The molecule has 2 aromatic rings. The highest BCUT2D eigenvalue weighted by Gasteiger charge is 2.45. The molecule has 100 valence electrons. The number of rotatable bonds is 5. The van der Waals surface area contributed by atoms with E-state index in [1.165, 1.54) is 0 Å². The molecular formula is C14H18N4O. The van der Waals surface area contributed by atoms with E-state index in [0.717, 1.165) is 36.7 Å². The van der Waals surface area contributed by atoms with Crippen molar-refractivity contribution in [2.45, 2.75) is 31.3 Å². The minimum atomic E-state index is -0.571. The molecule has 1 heterocycles. The molecule has 1 amide bonds. The average Bonchev–Trinajstić information content (AvgIpc) is 3.05. The molecule has 1 aromatic carbocycles. The molecule has 3 rings (SSSR count). The van der Waals surface area contributed by atoms with E-state index in [9.17, 15) is 4.79 Å². The number of nitrogens with one attached hydrogen (secondary N) is 1. The first kappa shape index (κ1) is 12.2. The average molecular weight is 258 g/mol. The highest BCUT2D eigenvalue weighted by molar-refractivity contribution is 5.88. The molecule has 1 aliphatic carbocycles. The summed E-state index contributed by atoms with van der Waals surface area (Å²) in [7, 11) is 0. The Morgan fingerprint density at radius 1 is 1.42 bits per heavy atom. The van der Waals surface area contributed by atoms with E-state index in [-0.39, 0.29) is 5.91 Å². The lowest BCUT2D eigenvalue weighted by atomic mass is 10.2. The van der Waals surface area contributed by atoms with Gasteiger partial charge >= 0.3 is 0 Å². The van der Waals surface area contributed by atoms with Crippen LogP contribution in [0.25, 0.3) is 10.9 Å². The van der Waals surface area contributed by atoms with Crippen molar-refractivity contribution < 1.29 is 4.79 Å². The van der Waals surface area contributed by atoms with Crippen molar-refractivity contribution in [3.63, 3.8) is 0 Å². The molecule has 0 spiro atoms. The van der Waals surface area contributed by atoms with Crippen LogP contribution in [0.15, 0.2) is 30.5 Å². The number of fused-ring (bicyclic) bond motifs is 1. The smallest absolute Gasteiger partial charge is 0.240 e. The second-order valence-electron chi connectivity index (χ2n) is 5.19. The van der Waals surface area contributed by atoms with Crippen LogP contribution in [-0.2, 0) is 11.3 Å².